The Morgan fingerprint density at radius 3 is 2.50 bits per heavy atom. The van der Waals surface area contributed by atoms with Gasteiger partial charge in [-0.15, -0.1) is 0 Å². The minimum absolute atomic E-state index is 0.175. The molecule has 1 aliphatic heterocycles. The highest BCUT2D eigenvalue weighted by molar-refractivity contribution is 8.23. The summed E-state index contributed by atoms with van der Waals surface area (Å²) < 4.78 is 0.741. The smallest absolute Gasteiger partial charge is 0.257 e. The monoisotopic (exact) mass is 308 g/mol. The maximum atomic E-state index is 11.8. The highest BCUT2D eigenvalue weighted by atomic mass is 32.2. The normalized spacial score (nSPS) is 14.1. The molecule has 0 unspecified atom stereocenters. The molecule has 6 heteroatoms. The highest BCUT2D eigenvalue weighted by Crippen LogP contribution is 2.15. The summed E-state index contributed by atoms with van der Waals surface area (Å²) in [6.45, 7) is 1.94. The summed E-state index contributed by atoms with van der Waals surface area (Å²) in [6, 6.07) is 8.69. The van der Waals surface area contributed by atoms with Crippen LogP contribution < -0.4 is 5.32 Å². The maximum absolute atomic E-state index is 11.8. The Labute approximate surface area is 127 Å². The Balaban J connectivity index is 1.75. The first-order valence-electron chi connectivity index (χ1n) is 6.48. The fraction of sp³-hybridized carbons (Fsp3) is 0.357. The molecule has 1 saturated heterocycles. The number of carbonyl (C=O) groups is 2. The molecule has 1 aromatic rings. The summed E-state index contributed by atoms with van der Waals surface area (Å²) in [6.07, 6.45) is 2.30. The van der Waals surface area contributed by atoms with E-state index in [-0.39, 0.29) is 17.6 Å². The Hall–Kier alpha value is -1.40. The number of imide groups is 1. The first kappa shape index (κ1) is 15.0. The van der Waals surface area contributed by atoms with E-state index in [0.29, 0.717) is 5.56 Å². The van der Waals surface area contributed by atoms with E-state index >= 15 is 0 Å². The molecule has 2 amide bonds. The number of amides is 2. The third kappa shape index (κ3) is 4.31. The summed E-state index contributed by atoms with van der Waals surface area (Å²) in [5.74, 6) is -0.512. The van der Waals surface area contributed by atoms with Crippen LogP contribution in [0.1, 0.15) is 23.2 Å². The number of hydrogen-bond acceptors (Lipinski definition) is 4. The van der Waals surface area contributed by atoms with Gasteiger partial charge in [0.2, 0.25) is 5.91 Å². The van der Waals surface area contributed by atoms with E-state index in [1.165, 1.54) is 11.8 Å². The molecule has 0 aliphatic carbocycles. The van der Waals surface area contributed by atoms with Crippen molar-refractivity contribution in [2.24, 2.45) is 0 Å². The lowest BCUT2D eigenvalue weighted by atomic mass is 10.2. The second kappa shape index (κ2) is 7.40. The van der Waals surface area contributed by atoms with Crippen molar-refractivity contribution in [3.8, 4) is 0 Å². The van der Waals surface area contributed by atoms with Crippen molar-refractivity contribution in [1.29, 1.82) is 0 Å². The molecule has 0 bridgehead atoms. The van der Waals surface area contributed by atoms with Gasteiger partial charge in [-0.05, 0) is 25.0 Å². The predicted molar refractivity (Wildman–Crippen MR) is 84.8 cm³/mol. The summed E-state index contributed by atoms with van der Waals surface area (Å²) in [7, 11) is 0. The first-order valence-corrected chi connectivity index (χ1v) is 7.87. The van der Waals surface area contributed by atoms with Crippen LogP contribution in [0.2, 0.25) is 0 Å². The van der Waals surface area contributed by atoms with Gasteiger partial charge < -0.3 is 4.90 Å². The lowest BCUT2D eigenvalue weighted by Gasteiger charge is -2.17. The van der Waals surface area contributed by atoms with E-state index in [1.54, 1.807) is 24.3 Å². The number of likely N-dealkylation sites (tertiary alicyclic amines) is 1. The zero-order chi connectivity index (χ0) is 14.4. The SMILES string of the molecule is O=C(CSC(=S)N1CCCC1)NC(=O)c1ccccc1. The molecule has 0 aromatic heterocycles. The van der Waals surface area contributed by atoms with Gasteiger partial charge in [0, 0.05) is 18.7 Å². The molecule has 1 aromatic carbocycles. The molecule has 20 heavy (non-hydrogen) atoms. The van der Waals surface area contributed by atoms with Gasteiger partial charge in [-0.2, -0.15) is 0 Å². The van der Waals surface area contributed by atoms with Crippen LogP contribution in [0.4, 0.5) is 0 Å². The van der Waals surface area contributed by atoms with E-state index in [1.807, 2.05) is 6.07 Å². The number of hydrogen-bond donors (Lipinski definition) is 1. The van der Waals surface area contributed by atoms with Crippen LogP contribution in [0.3, 0.4) is 0 Å². The minimum Gasteiger partial charge on any atom is -0.358 e. The predicted octanol–water partition coefficient (Wildman–Crippen LogP) is 2.06. The number of nitrogens with zero attached hydrogens (tertiary/aromatic N) is 1. The molecule has 0 spiro atoms. The molecule has 106 valence electrons. The fourth-order valence-corrected chi connectivity index (χ4v) is 2.99. The largest absolute Gasteiger partial charge is 0.358 e. The number of thioether (sulfide) groups is 1. The lowest BCUT2D eigenvalue weighted by molar-refractivity contribution is -0.117. The standard InChI is InChI=1S/C14H16N2O2S2/c17-12(10-20-14(19)16-8-4-5-9-16)15-13(18)11-6-2-1-3-7-11/h1-3,6-7H,4-5,8-10H2,(H,15,17,18). The van der Waals surface area contributed by atoms with Gasteiger partial charge in [-0.1, -0.05) is 42.2 Å². The van der Waals surface area contributed by atoms with Crippen LogP contribution in [0.15, 0.2) is 30.3 Å². The van der Waals surface area contributed by atoms with Gasteiger partial charge >= 0.3 is 0 Å². The van der Waals surface area contributed by atoms with Gasteiger partial charge in [-0.3, -0.25) is 14.9 Å². The van der Waals surface area contributed by atoms with Crippen molar-refractivity contribution in [2.45, 2.75) is 12.8 Å². The van der Waals surface area contributed by atoms with Crippen LogP contribution in [-0.2, 0) is 4.79 Å². The Bertz CT molecular complexity index is 499. The average Bonchev–Trinajstić information content (AvgIpc) is 3.00. The van der Waals surface area contributed by atoms with E-state index < -0.39 is 0 Å². The zero-order valence-corrected chi connectivity index (χ0v) is 12.6. The van der Waals surface area contributed by atoms with Gasteiger partial charge in [0.1, 0.15) is 4.32 Å². The lowest BCUT2D eigenvalue weighted by Crippen LogP contribution is -2.33. The molecule has 1 aliphatic rings. The molecule has 2 rings (SSSR count). The topological polar surface area (TPSA) is 49.4 Å². The molecule has 1 N–H and O–H groups in total. The van der Waals surface area contributed by atoms with Crippen molar-refractivity contribution in [1.82, 2.24) is 10.2 Å². The number of rotatable bonds is 3. The second-order valence-electron chi connectivity index (χ2n) is 4.49. The summed E-state index contributed by atoms with van der Waals surface area (Å²) in [5.41, 5.74) is 0.480. The van der Waals surface area contributed by atoms with E-state index in [9.17, 15) is 9.59 Å². The molecule has 4 nitrogen and oxygen atoms in total. The van der Waals surface area contributed by atoms with Crippen LogP contribution in [0.25, 0.3) is 0 Å². The van der Waals surface area contributed by atoms with Crippen LogP contribution >= 0.6 is 24.0 Å². The Morgan fingerprint density at radius 2 is 1.85 bits per heavy atom. The third-order valence-corrected chi connectivity index (χ3v) is 4.50. The van der Waals surface area contributed by atoms with Crippen LogP contribution in [-0.4, -0.2) is 39.9 Å². The zero-order valence-electron chi connectivity index (χ0n) is 11.0. The summed E-state index contributed by atoms with van der Waals surface area (Å²) in [4.78, 5) is 25.6. The molecule has 0 saturated carbocycles. The average molecular weight is 308 g/mol. The van der Waals surface area contributed by atoms with E-state index in [4.69, 9.17) is 12.2 Å². The van der Waals surface area contributed by atoms with E-state index in [2.05, 4.69) is 10.2 Å². The Morgan fingerprint density at radius 1 is 1.20 bits per heavy atom. The van der Waals surface area contributed by atoms with Crippen molar-refractivity contribution in [3.63, 3.8) is 0 Å². The van der Waals surface area contributed by atoms with Crippen LogP contribution in [0.5, 0.6) is 0 Å². The molecular weight excluding hydrogens is 292 g/mol. The van der Waals surface area contributed by atoms with Crippen molar-refractivity contribution >= 4 is 40.1 Å². The minimum atomic E-state index is -0.372. The quantitative estimate of drug-likeness (QED) is 0.866. The first-order chi connectivity index (χ1) is 9.66. The third-order valence-electron chi connectivity index (χ3n) is 2.98. The van der Waals surface area contributed by atoms with Gasteiger partial charge in [0.15, 0.2) is 0 Å². The number of thiocarbonyl (C=S) groups is 1. The fourth-order valence-electron chi connectivity index (χ4n) is 1.94. The number of carbonyl (C=O) groups excluding carboxylic acids is 2. The molecule has 0 radical (unpaired) electrons. The molecule has 1 fully saturated rings. The van der Waals surface area contributed by atoms with Gasteiger partial charge in [-0.25, -0.2) is 0 Å². The van der Waals surface area contributed by atoms with Crippen molar-refractivity contribution < 1.29 is 9.59 Å². The molecular formula is C14H16N2O2S2. The van der Waals surface area contributed by atoms with Gasteiger partial charge in [0.25, 0.3) is 5.91 Å². The number of benzene rings is 1. The van der Waals surface area contributed by atoms with Gasteiger partial charge in [0.05, 0.1) is 5.75 Å². The maximum Gasteiger partial charge on any atom is 0.257 e. The van der Waals surface area contributed by atoms with Crippen molar-refractivity contribution in [3.05, 3.63) is 35.9 Å². The molecule has 0 atom stereocenters. The van der Waals surface area contributed by atoms with Crippen molar-refractivity contribution in [2.75, 3.05) is 18.8 Å². The molecule has 1 heterocycles. The summed E-state index contributed by atoms with van der Waals surface area (Å²) in [5, 5.41) is 2.37. The Kier molecular flexibility index (Phi) is 5.55. The van der Waals surface area contributed by atoms with E-state index in [0.717, 1.165) is 30.3 Å². The van der Waals surface area contributed by atoms with Crippen LogP contribution in [0, 0.1) is 0 Å². The highest BCUT2D eigenvalue weighted by Gasteiger charge is 2.17. The second-order valence-corrected chi connectivity index (χ2v) is 6.10. The number of nitrogens with one attached hydrogen (secondary N) is 1. The summed E-state index contributed by atoms with van der Waals surface area (Å²) >= 11 is 6.58.